The Kier molecular flexibility index (Phi) is 10.2. The zero-order valence-corrected chi connectivity index (χ0v) is 17.6. The summed E-state index contributed by atoms with van der Waals surface area (Å²) in [5.74, 6) is -2.83. The lowest BCUT2D eigenvalue weighted by atomic mass is 10.0. The molecule has 0 aromatic heterocycles. The van der Waals surface area contributed by atoms with Crippen molar-refractivity contribution in [1.82, 2.24) is 0 Å². The first-order chi connectivity index (χ1) is 14.6. The average molecular weight is 426 g/mol. The Bertz CT molecular complexity index is 944. The van der Waals surface area contributed by atoms with Crippen molar-refractivity contribution in [3.8, 4) is 0 Å². The summed E-state index contributed by atoms with van der Waals surface area (Å²) in [6.45, 7) is 5.84. The standard InChI is InChI=1S/C13H17NO3.C10H9NO3/c1-8-6-9(2)13(10(3)7-8)14-11(15)4-5-12(16)17;12-9(6-7-10(13)14)11-8-4-2-1-3-5-8/h6-7H,4-5H2,1-3H3,(H,14,15)(H,16,17);1-7H,(H,11,12)(H,13,14)/b;7-6-. The molecule has 2 aromatic rings. The summed E-state index contributed by atoms with van der Waals surface area (Å²) in [4.78, 5) is 43.0. The lowest BCUT2D eigenvalue weighted by Gasteiger charge is -2.12. The highest BCUT2D eigenvalue weighted by Gasteiger charge is 2.09. The highest BCUT2D eigenvalue weighted by atomic mass is 16.4. The molecule has 8 nitrogen and oxygen atoms in total. The highest BCUT2D eigenvalue weighted by molar-refractivity contribution is 6.02. The summed E-state index contributed by atoms with van der Waals surface area (Å²) in [5.41, 5.74) is 4.54. The second-order valence-corrected chi connectivity index (χ2v) is 6.74. The summed E-state index contributed by atoms with van der Waals surface area (Å²) in [5, 5.41) is 22.0. The molecule has 164 valence electrons. The SMILES string of the molecule is Cc1cc(C)c(NC(=O)CCC(=O)O)c(C)c1.O=C(O)/C=C\C(=O)Nc1ccccc1. The first kappa shape index (κ1) is 25.1. The molecule has 0 atom stereocenters. The minimum Gasteiger partial charge on any atom is -0.481 e. The zero-order valence-electron chi connectivity index (χ0n) is 17.6. The number of carboxylic acid groups (broad SMARTS) is 2. The maximum Gasteiger partial charge on any atom is 0.328 e. The van der Waals surface area contributed by atoms with E-state index < -0.39 is 17.8 Å². The van der Waals surface area contributed by atoms with Crippen molar-refractivity contribution < 1.29 is 29.4 Å². The minimum atomic E-state index is -1.15. The van der Waals surface area contributed by atoms with E-state index in [2.05, 4.69) is 10.6 Å². The van der Waals surface area contributed by atoms with Gasteiger partial charge in [-0.2, -0.15) is 0 Å². The number of anilines is 2. The van der Waals surface area contributed by atoms with Gasteiger partial charge in [0.15, 0.2) is 0 Å². The topological polar surface area (TPSA) is 133 Å². The quantitative estimate of drug-likeness (QED) is 0.499. The molecule has 0 aliphatic carbocycles. The number of para-hydroxylation sites is 1. The van der Waals surface area contributed by atoms with E-state index in [-0.39, 0.29) is 18.7 Å². The normalized spacial score (nSPS) is 10.0. The molecule has 0 unspecified atom stereocenters. The van der Waals surface area contributed by atoms with Crippen molar-refractivity contribution in [1.29, 1.82) is 0 Å². The number of aliphatic carboxylic acids is 2. The lowest BCUT2D eigenvalue weighted by molar-refractivity contribution is -0.138. The third-order valence-electron chi connectivity index (χ3n) is 3.93. The first-order valence-electron chi connectivity index (χ1n) is 9.45. The van der Waals surface area contributed by atoms with Crippen LogP contribution < -0.4 is 10.6 Å². The summed E-state index contributed by atoms with van der Waals surface area (Å²) < 4.78 is 0. The average Bonchev–Trinajstić information content (AvgIpc) is 2.69. The van der Waals surface area contributed by atoms with Gasteiger partial charge in [-0.15, -0.1) is 0 Å². The van der Waals surface area contributed by atoms with Gasteiger partial charge in [-0.1, -0.05) is 35.9 Å². The molecule has 2 rings (SSSR count). The number of amides is 2. The van der Waals surface area contributed by atoms with Crippen LogP contribution in [0.5, 0.6) is 0 Å². The van der Waals surface area contributed by atoms with Gasteiger partial charge in [0, 0.05) is 29.9 Å². The fraction of sp³-hybridized carbons (Fsp3) is 0.217. The van der Waals surface area contributed by atoms with E-state index in [1.807, 2.05) is 39.0 Å². The van der Waals surface area contributed by atoms with Crippen LogP contribution in [0.1, 0.15) is 29.5 Å². The molecule has 2 amide bonds. The molecule has 0 heterocycles. The van der Waals surface area contributed by atoms with Gasteiger partial charge in [0.1, 0.15) is 0 Å². The number of hydrogen-bond acceptors (Lipinski definition) is 4. The second kappa shape index (κ2) is 12.6. The van der Waals surface area contributed by atoms with Gasteiger partial charge in [-0.3, -0.25) is 14.4 Å². The molecule has 0 aliphatic heterocycles. The third-order valence-corrected chi connectivity index (χ3v) is 3.93. The molecule has 0 saturated heterocycles. The molecule has 0 aliphatic rings. The summed E-state index contributed by atoms with van der Waals surface area (Å²) in [6, 6.07) is 12.8. The number of nitrogens with one attached hydrogen (secondary N) is 2. The van der Waals surface area contributed by atoms with E-state index in [1.54, 1.807) is 24.3 Å². The van der Waals surface area contributed by atoms with Crippen LogP contribution in [0.4, 0.5) is 11.4 Å². The van der Waals surface area contributed by atoms with Gasteiger partial charge >= 0.3 is 11.9 Å². The van der Waals surface area contributed by atoms with E-state index in [9.17, 15) is 19.2 Å². The predicted molar refractivity (Wildman–Crippen MR) is 118 cm³/mol. The Morgan fingerprint density at radius 2 is 1.42 bits per heavy atom. The predicted octanol–water partition coefficient (Wildman–Crippen LogP) is 3.68. The smallest absolute Gasteiger partial charge is 0.328 e. The van der Waals surface area contributed by atoms with Gasteiger partial charge in [0.05, 0.1) is 6.42 Å². The van der Waals surface area contributed by atoms with E-state index in [0.29, 0.717) is 5.69 Å². The van der Waals surface area contributed by atoms with Crippen LogP contribution in [0.3, 0.4) is 0 Å². The molecular weight excluding hydrogens is 400 g/mol. The molecule has 8 heteroatoms. The lowest BCUT2D eigenvalue weighted by Crippen LogP contribution is -2.15. The van der Waals surface area contributed by atoms with Crippen molar-refractivity contribution in [3.05, 3.63) is 71.3 Å². The van der Waals surface area contributed by atoms with Crippen LogP contribution in [0.15, 0.2) is 54.6 Å². The monoisotopic (exact) mass is 426 g/mol. The van der Waals surface area contributed by atoms with Gasteiger partial charge in [0.25, 0.3) is 0 Å². The second-order valence-electron chi connectivity index (χ2n) is 6.74. The number of carboxylic acids is 2. The maximum absolute atomic E-state index is 11.5. The van der Waals surface area contributed by atoms with Crippen molar-refractivity contribution >= 4 is 35.1 Å². The van der Waals surface area contributed by atoms with Crippen molar-refractivity contribution in [2.45, 2.75) is 33.6 Å². The molecular formula is C23H26N2O6. The summed E-state index contributed by atoms with van der Waals surface area (Å²) in [7, 11) is 0. The van der Waals surface area contributed by atoms with Crippen molar-refractivity contribution in [3.63, 3.8) is 0 Å². The van der Waals surface area contributed by atoms with Crippen LogP contribution in [0.25, 0.3) is 0 Å². The molecule has 31 heavy (non-hydrogen) atoms. The fourth-order valence-corrected chi connectivity index (χ4v) is 2.65. The molecule has 0 bridgehead atoms. The highest BCUT2D eigenvalue weighted by Crippen LogP contribution is 2.22. The van der Waals surface area contributed by atoms with E-state index in [4.69, 9.17) is 10.2 Å². The van der Waals surface area contributed by atoms with E-state index in [1.165, 1.54) is 0 Å². The molecule has 0 fully saturated rings. The molecule has 0 radical (unpaired) electrons. The van der Waals surface area contributed by atoms with Crippen molar-refractivity contribution in [2.75, 3.05) is 10.6 Å². The third kappa shape index (κ3) is 10.4. The number of hydrogen-bond donors (Lipinski definition) is 4. The number of rotatable bonds is 7. The Hall–Kier alpha value is -3.94. The fourth-order valence-electron chi connectivity index (χ4n) is 2.65. The molecule has 0 saturated carbocycles. The van der Waals surface area contributed by atoms with E-state index in [0.717, 1.165) is 34.5 Å². The Morgan fingerprint density at radius 1 is 0.839 bits per heavy atom. The Balaban J connectivity index is 0.000000316. The maximum atomic E-state index is 11.5. The number of aryl methyl sites for hydroxylation is 3. The first-order valence-corrected chi connectivity index (χ1v) is 9.45. The summed E-state index contributed by atoms with van der Waals surface area (Å²) >= 11 is 0. The van der Waals surface area contributed by atoms with Crippen LogP contribution in [-0.4, -0.2) is 34.0 Å². The Labute approximate surface area is 180 Å². The van der Waals surface area contributed by atoms with Crippen LogP contribution in [0.2, 0.25) is 0 Å². The van der Waals surface area contributed by atoms with Crippen molar-refractivity contribution in [2.24, 2.45) is 0 Å². The summed E-state index contributed by atoms with van der Waals surface area (Å²) in [6.07, 6.45) is 1.62. The van der Waals surface area contributed by atoms with Crippen LogP contribution in [0, 0.1) is 20.8 Å². The van der Waals surface area contributed by atoms with Gasteiger partial charge in [-0.25, -0.2) is 4.79 Å². The number of carbonyl (C=O) groups is 4. The molecule has 4 N–H and O–H groups in total. The minimum absolute atomic E-state index is 0.00207. The van der Waals surface area contributed by atoms with Gasteiger partial charge < -0.3 is 20.8 Å². The van der Waals surface area contributed by atoms with E-state index >= 15 is 0 Å². The van der Waals surface area contributed by atoms with Gasteiger partial charge in [-0.05, 0) is 44.0 Å². The largest absolute Gasteiger partial charge is 0.481 e. The van der Waals surface area contributed by atoms with Crippen LogP contribution in [-0.2, 0) is 19.2 Å². The van der Waals surface area contributed by atoms with Gasteiger partial charge in [0.2, 0.25) is 11.8 Å². The Morgan fingerprint density at radius 3 is 1.94 bits per heavy atom. The molecule has 2 aromatic carbocycles. The number of benzene rings is 2. The number of carbonyl (C=O) groups excluding carboxylic acids is 2. The zero-order chi connectivity index (χ0) is 23.4. The molecule has 0 spiro atoms. The van der Waals surface area contributed by atoms with Crippen LogP contribution >= 0.6 is 0 Å².